The lowest BCUT2D eigenvalue weighted by molar-refractivity contribution is 0.585. The van der Waals surface area contributed by atoms with E-state index in [-0.39, 0.29) is 0 Å². The molecule has 0 heterocycles. The second-order valence-electron chi connectivity index (χ2n) is 4.46. The molecule has 0 radical (unpaired) electrons. The maximum atomic E-state index is 2.27. The third-order valence-electron chi connectivity index (χ3n) is 1.96. The average molecular weight is 218 g/mol. The summed E-state index contributed by atoms with van der Waals surface area (Å²) in [6, 6.07) is 0. The molecule has 0 unspecified atom stereocenters. The molecule has 0 nitrogen and oxygen atoms in total. The van der Waals surface area contributed by atoms with E-state index in [0.717, 1.165) is 0 Å². The first-order valence-corrected chi connectivity index (χ1v) is 8.94. The minimum atomic E-state index is 0.380. The highest BCUT2D eigenvalue weighted by molar-refractivity contribution is 7.55. The van der Waals surface area contributed by atoms with Gasteiger partial charge < -0.3 is 0 Å². The highest BCUT2D eigenvalue weighted by atomic mass is 31.1. The molecule has 0 spiro atoms. The first-order valence-electron chi connectivity index (χ1n) is 6.26. The molecule has 0 amide bonds. The van der Waals surface area contributed by atoms with E-state index in [1.165, 1.54) is 51.4 Å². The van der Waals surface area contributed by atoms with Crippen molar-refractivity contribution in [3.63, 3.8) is 0 Å². The molecule has 0 aromatic carbocycles. The first kappa shape index (κ1) is 16.8. The molecule has 0 aliphatic carbocycles. The van der Waals surface area contributed by atoms with Crippen LogP contribution in [-0.4, -0.2) is 20.0 Å². The van der Waals surface area contributed by atoms with Gasteiger partial charge in [-0.2, -0.15) is 0 Å². The van der Waals surface area contributed by atoms with Crippen molar-refractivity contribution in [2.45, 2.75) is 65.2 Å². The summed E-state index contributed by atoms with van der Waals surface area (Å²) in [7, 11) is 0.380. The van der Waals surface area contributed by atoms with E-state index in [9.17, 15) is 0 Å². The molecule has 0 aromatic heterocycles. The largest absolute Gasteiger partial charge is 0.116 e. The van der Waals surface area contributed by atoms with Crippen LogP contribution >= 0.6 is 7.92 Å². The van der Waals surface area contributed by atoms with Crippen LogP contribution in [0.3, 0.4) is 0 Å². The van der Waals surface area contributed by atoms with Crippen LogP contribution in [0.4, 0.5) is 0 Å². The van der Waals surface area contributed by atoms with Crippen LogP contribution in [0, 0.1) is 0 Å². The zero-order valence-corrected chi connectivity index (χ0v) is 12.0. The second-order valence-corrected chi connectivity index (χ2v) is 7.15. The quantitative estimate of drug-likeness (QED) is 0.390. The van der Waals surface area contributed by atoms with Crippen LogP contribution in [-0.2, 0) is 0 Å². The lowest BCUT2D eigenvalue weighted by Gasteiger charge is -1.97. The Labute approximate surface area is 93.6 Å². The van der Waals surface area contributed by atoms with Gasteiger partial charge in [0.25, 0.3) is 0 Å². The van der Waals surface area contributed by atoms with Gasteiger partial charge in [-0.25, -0.2) is 0 Å². The van der Waals surface area contributed by atoms with Crippen molar-refractivity contribution in [3.05, 3.63) is 0 Å². The number of rotatable bonds is 7. The Bertz CT molecular complexity index is 68.5. The van der Waals surface area contributed by atoms with Crippen LogP contribution in [0.25, 0.3) is 0 Å². The molecule has 0 N–H and O–H groups in total. The van der Waals surface area contributed by atoms with Gasteiger partial charge in [-0.3, -0.25) is 0 Å². The van der Waals surface area contributed by atoms with Gasteiger partial charge in [-0.05, 0) is 20.0 Å². The summed E-state index contributed by atoms with van der Waals surface area (Å²) >= 11 is 0. The lowest BCUT2D eigenvalue weighted by atomic mass is 10.1. The Morgan fingerprint density at radius 1 is 0.571 bits per heavy atom. The standard InChI is InChI=1S/C10H22.C3H9P/c1-3-5-7-9-10-8-6-4-2;1-4(2)3/h3-10H2,1-2H3;1-3H3. The van der Waals surface area contributed by atoms with Gasteiger partial charge in [-0.15, -0.1) is 7.92 Å². The van der Waals surface area contributed by atoms with Gasteiger partial charge in [-0.1, -0.05) is 65.2 Å². The number of hydrogen-bond acceptors (Lipinski definition) is 0. The van der Waals surface area contributed by atoms with E-state index in [4.69, 9.17) is 0 Å². The van der Waals surface area contributed by atoms with Crippen molar-refractivity contribution in [3.8, 4) is 0 Å². The smallest absolute Gasteiger partial charge is 0.0449 e. The van der Waals surface area contributed by atoms with Gasteiger partial charge in [0.05, 0.1) is 0 Å². The average Bonchev–Trinajstić information content (AvgIpc) is 2.10. The van der Waals surface area contributed by atoms with Crippen molar-refractivity contribution in [1.82, 2.24) is 0 Å². The van der Waals surface area contributed by atoms with Crippen LogP contribution in [0.2, 0.25) is 0 Å². The molecule has 0 aromatic rings. The Hall–Kier alpha value is 0.430. The molecule has 1 heteroatoms. The minimum absolute atomic E-state index is 0.380. The topological polar surface area (TPSA) is 0 Å². The lowest BCUT2D eigenvalue weighted by Crippen LogP contribution is -1.77. The maximum absolute atomic E-state index is 2.27. The fraction of sp³-hybridized carbons (Fsp3) is 1.00. The van der Waals surface area contributed by atoms with E-state index in [1.807, 2.05) is 0 Å². The zero-order chi connectivity index (χ0) is 11.2. The normalized spacial score (nSPS) is 9.86. The van der Waals surface area contributed by atoms with E-state index < -0.39 is 0 Å². The molecule has 0 aliphatic heterocycles. The molecule has 14 heavy (non-hydrogen) atoms. The van der Waals surface area contributed by atoms with Crippen LogP contribution in [0.5, 0.6) is 0 Å². The summed E-state index contributed by atoms with van der Waals surface area (Å²) < 4.78 is 0. The molecule has 0 bridgehead atoms. The molecule has 0 saturated carbocycles. The summed E-state index contributed by atoms with van der Waals surface area (Å²) in [5.74, 6) is 0. The van der Waals surface area contributed by atoms with Gasteiger partial charge in [0.1, 0.15) is 0 Å². The van der Waals surface area contributed by atoms with Gasteiger partial charge in [0.15, 0.2) is 0 Å². The zero-order valence-electron chi connectivity index (χ0n) is 11.1. The molecule has 0 atom stereocenters. The Kier molecular flexibility index (Phi) is 19.1. The van der Waals surface area contributed by atoms with Crippen molar-refractivity contribution in [2.75, 3.05) is 20.0 Å². The van der Waals surface area contributed by atoms with Crippen LogP contribution in [0.15, 0.2) is 0 Å². The Morgan fingerprint density at radius 3 is 1.00 bits per heavy atom. The van der Waals surface area contributed by atoms with Gasteiger partial charge >= 0.3 is 0 Å². The predicted octanol–water partition coefficient (Wildman–Crippen LogP) is 5.50. The van der Waals surface area contributed by atoms with Crippen molar-refractivity contribution < 1.29 is 0 Å². The summed E-state index contributed by atoms with van der Waals surface area (Å²) in [6.07, 6.45) is 11.5. The molecule has 88 valence electrons. The highest BCUT2D eigenvalue weighted by Crippen LogP contribution is 2.14. The van der Waals surface area contributed by atoms with E-state index in [2.05, 4.69) is 33.8 Å². The number of unbranched alkanes of at least 4 members (excludes halogenated alkanes) is 7. The summed E-state index contributed by atoms with van der Waals surface area (Å²) in [6.45, 7) is 11.2. The SMILES string of the molecule is CCCCCCCCCC.CP(C)C. The van der Waals surface area contributed by atoms with Gasteiger partial charge in [0.2, 0.25) is 0 Å². The second kappa shape index (κ2) is 15.9. The summed E-state index contributed by atoms with van der Waals surface area (Å²) in [5.41, 5.74) is 0. The van der Waals surface area contributed by atoms with E-state index in [0.29, 0.717) is 7.92 Å². The summed E-state index contributed by atoms with van der Waals surface area (Å²) in [5, 5.41) is 0. The van der Waals surface area contributed by atoms with Crippen LogP contribution in [0.1, 0.15) is 65.2 Å². The Morgan fingerprint density at radius 2 is 0.786 bits per heavy atom. The third-order valence-corrected chi connectivity index (χ3v) is 1.96. The molecular weight excluding hydrogens is 187 g/mol. The fourth-order valence-corrected chi connectivity index (χ4v) is 1.21. The fourth-order valence-electron chi connectivity index (χ4n) is 1.21. The van der Waals surface area contributed by atoms with E-state index >= 15 is 0 Å². The molecule has 0 aliphatic rings. The van der Waals surface area contributed by atoms with Crippen molar-refractivity contribution in [1.29, 1.82) is 0 Å². The molecule has 0 saturated heterocycles. The van der Waals surface area contributed by atoms with E-state index in [1.54, 1.807) is 0 Å². The third kappa shape index (κ3) is 29.4. The predicted molar refractivity (Wildman–Crippen MR) is 73.0 cm³/mol. The maximum Gasteiger partial charge on any atom is -0.0449 e. The molecular formula is C13H31P. The minimum Gasteiger partial charge on any atom is -0.116 e. The Balaban J connectivity index is 0. The molecule has 0 rings (SSSR count). The van der Waals surface area contributed by atoms with Crippen molar-refractivity contribution >= 4 is 7.92 Å². The molecule has 0 fully saturated rings. The van der Waals surface area contributed by atoms with Crippen molar-refractivity contribution in [2.24, 2.45) is 0 Å². The highest BCUT2D eigenvalue weighted by Gasteiger charge is 1.87. The van der Waals surface area contributed by atoms with Crippen LogP contribution < -0.4 is 0 Å². The first-order chi connectivity index (χ1) is 6.65. The van der Waals surface area contributed by atoms with Gasteiger partial charge in [0, 0.05) is 0 Å². The monoisotopic (exact) mass is 218 g/mol. The summed E-state index contributed by atoms with van der Waals surface area (Å²) in [4.78, 5) is 0. The number of hydrogen-bond donors (Lipinski definition) is 0.